The van der Waals surface area contributed by atoms with Crippen molar-refractivity contribution in [1.82, 2.24) is 19.6 Å². The Labute approximate surface area is 150 Å². The second-order valence-corrected chi connectivity index (χ2v) is 9.23. The zero-order chi connectivity index (χ0) is 18.6. The van der Waals surface area contributed by atoms with E-state index in [1.807, 2.05) is 19.4 Å². The Morgan fingerprint density at radius 2 is 2.12 bits per heavy atom. The largest absolute Gasteiger partial charge is 0.345 e. The highest BCUT2D eigenvalue weighted by Gasteiger charge is 2.34. The Kier molecular flexibility index (Phi) is 6.62. The van der Waals surface area contributed by atoms with Crippen LogP contribution in [0.2, 0.25) is 0 Å². The number of hydrogen-bond acceptors (Lipinski definition) is 5. The van der Waals surface area contributed by atoms with Gasteiger partial charge in [-0.05, 0) is 31.8 Å². The summed E-state index contributed by atoms with van der Waals surface area (Å²) in [5, 5.41) is 4.30. The molecular formula is C17H30N4O3S. The van der Waals surface area contributed by atoms with E-state index in [4.69, 9.17) is 0 Å². The molecular weight excluding hydrogens is 340 g/mol. The molecule has 0 saturated carbocycles. The van der Waals surface area contributed by atoms with Crippen molar-refractivity contribution in [3.8, 4) is 0 Å². The van der Waals surface area contributed by atoms with Gasteiger partial charge < -0.3 is 4.90 Å². The van der Waals surface area contributed by atoms with Gasteiger partial charge in [0.15, 0.2) is 9.84 Å². The van der Waals surface area contributed by atoms with Crippen LogP contribution in [0.1, 0.15) is 38.3 Å². The minimum Gasteiger partial charge on any atom is -0.345 e. The Morgan fingerprint density at radius 3 is 2.68 bits per heavy atom. The molecule has 0 spiro atoms. The number of hydrogen-bond donors (Lipinski definition) is 0. The predicted molar refractivity (Wildman–Crippen MR) is 97.9 cm³/mol. The molecule has 1 aromatic heterocycles. The fourth-order valence-electron chi connectivity index (χ4n) is 3.63. The quantitative estimate of drug-likeness (QED) is 0.718. The lowest BCUT2D eigenvalue weighted by Crippen LogP contribution is -2.44. The van der Waals surface area contributed by atoms with Crippen molar-refractivity contribution in [2.45, 2.75) is 32.7 Å². The van der Waals surface area contributed by atoms with Gasteiger partial charge in [0.2, 0.25) is 5.91 Å². The fourth-order valence-corrected chi connectivity index (χ4v) is 4.43. The molecule has 0 aliphatic carbocycles. The number of piperidine rings is 1. The van der Waals surface area contributed by atoms with Gasteiger partial charge in [-0.25, -0.2) is 8.42 Å². The zero-order valence-corrected chi connectivity index (χ0v) is 16.5. The molecule has 0 radical (unpaired) electrons. The van der Waals surface area contributed by atoms with E-state index in [1.54, 1.807) is 23.6 Å². The topological polar surface area (TPSA) is 75.5 Å². The van der Waals surface area contributed by atoms with E-state index in [0.717, 1.165) is 31.5 Å². The van der Waals surface area contributed by atoms with E-state index >= 15 is 0 Å². The summed E-state index contributed by atoms with van der Waals surface area (Å²) in [6.45, 7) is 6.26. The summed E-state index contributed by atoms with van der Waals surface area (Å²) in [4.78, 5) is 16.3. The molecule has 7 nitrogen and oxygen atoms in total. The second-order valence-electron chi connectivity index (χ2n) is 6.87. The van der Waals surface area contributed by atoms with Gasteiger partial charge in [-0.15, -0.1) is 0 Å². The van der Waals surface area contributed by atoms with Gasteiger partial charge in [0.1, 0.15) is 5.75 Å². The average Bonchev–Trinajstić information content (AvgIpc) is 3.00. The highest BCUT2D eigenvalue weighted by atomic mass is 32.2. The summed E-state index contributed by atoms with van der Waals surface area (Å²) in [6.07, 6.45) is 6.04. The van der Waals surface area contributed by atoms with Crippen molar-refractivity contribution in [1.29, 1.82) is 0 Å². The molecule has 0 N–H and O–H groups in total. The maximum Gasteiger partial charge on any atom is 0.237 e. The van der Waals surface area contributed by atoms with E-state index in [-0.39, 0.29) is 23.6 Å². The first-order chi connectivity index (χ1) is 11.8. The number of sulfone groups is 1. The third-order valence-corrected chi connectivity index (χ3v) is 6.62. The van der Waals surface area contributed by atoms with Crippen LogP contribution in [0.3, 0.4) is 0 Å². The first-order valence-electron chi connectivity index (χ1n) is 8.94. The van der Waals surface area contributed by atoms with Crippen molar-refractivity contribution < 1.29 is 13.2 Å². The summed E-state index contributed by atoms with van der Waals surface area (Å²) in [5.74, 6) is -0.448. The Bertz CT molecular complexity index is 686. The molecule has 0 unspecified atom stereocenters. The first-order valence-corrected chi connectivity index (χ1v) is 10.8. The van der Waals surface area contributed by atoms with E-state index < -0.39 is 15.6 Å². The van der Waals surface area contributed by atoms with E-state index in [9.17, 15) is 13.2 Å². The number of amides is 1. The number of carbonyl (C=O) groups is 1. The second kappa shape index (κ2) is 8.31. The molecule has 1 saturated heterocycles. The van der Waals surface area contributed by atoms with Crippen molar-refractivity contribution >= 4 is 15.7 Å². The lowest BCUT2D eigenvalue weighted by atomic mass is 9.85. The van der Waals surface area contributed by atoms with Gasteiger partial charge in [0.05, 0.1) is 6.20 Å². The van der Waals surface area contributed by atoms with Crippen LogP contribution in [0.5, 0.6) is 0 Å². The van der Waals surface area contributed by atoms with Crippen LogP contribution in [-0.4, -0.2) is 72.1 Å². The lowest BCUT2D eigenvalue weighted by molar-refractivity contribution is -0.128. The molecule has 2 heterocycles. The maximum atomic E-state index is 12.3. The van der Waals surface area contributed by atoms with Crippen LogP contribution in [0.25, 0.3) is 0 Å². The molecule has 8 heteroatoms. The maximum absolute atomic E-state index is 12.3. The molecule has 25 heavy (non-hydrogen) atoms. The van der Waals surface area contributed by atoms with Gasteiger partial charge >= 0.3 is 0 Å². The van der Waals surface area contributed by atoms with Crippen LogP contribution < -0.4 is 0 Å². The lowest BCUT2D eigenvalue weighted by Gasteiger charge is -2.42. The van der Waals surface area contributed by atoms with Crippen molar-refractivity contribution in [3.05, 3.63) is 18.0 Å². The van der Waals surface area contributed by atoms with Gasteiger partial charge in [-0.2, -0.15) is 5.10 Å². The molecule has 1 fully saturated rings. The monoisotopic (exact) mass is 370 g/mol. The molecule has 0 bridgehead atoms. The van der Waals surface area contributed by atoms with Crippen LogP contribution in [0.4, 0.5) is 0 Å². The number of nitrogens with zero attached hydrogens (tertiary/aromatic N) is 4. The number of rotatable bonds is 7. The molecule has 1 aliphatic heterocycles. The molecule has 2 rings (SSSR count). The van der Waals surface area contributed by atoms with Crippen LogP contribution in [-0.2, 0) is 21.7 Å². The van der Waals surface area contributed by atoms with E-state index in [0.29, 0.717) is 6.54 Å². The molecule has 1 amide bonds. The number of likely N-dealkylation sites (tertiary alicyclic amines) is 1. The molecule has 1 aromatic rings. The standard InChI is InChI=1S/C17H30N4O3S/c1-5-21-9-7-8-14(17(21)15-10-18-20(4)12-15)11-19(3)16(22)13-25(23,24)6-2/h10,12,14,17H,5-9,11,13H2,1-4H3/t14-,17+/m0/s1. The molecule has 142 valence electrons. The predicted octanol–water partition coefficient (Wildman–Crippen LogP) is 1.09. The highest BCUT2D eigenvalue weighted by Crippen LogP contribution is 2.36. The van der Waals surface area contributed by atoms with Crippen LogP contribution in [0.15, 0.2) is 12.4 Å². The number of aryl methyl sites for hydroxylation is 1. The molecule has 1 aliphatic rings. The summed E-state index contributed by atoms with van der Waals surface area (Å²) >= 11 is 0. The molecule has 0 aromatic carbocycles. The summed E-state index contributed by atoms with van der Waals surface area (Å²) in [6, 6.07) is 0.213. The Hall–Kier alpha value is -1.41. The first kappa shape index (κ1) is 19.9. The number of carbonyl (C=O) groups excluding carboxylic acids is 1. The highest BCUT2D eigenvalue weighted by molar-refractivity contribution is 7.92. The smallest absolute Gasteiger partial charge is 0.237 e. The van der Waals surface area contributed by atoms with Crippen molar-refractivity contribution in [2.24, 2.45) is 13.0 Å². The van der Waals surface area contributed by atoms with Crippen LogP contribution in [0, 0.1) is 5.92 Å². The van der Waals surface area contributed by atoms with E-state index in [2.05, 4.69) is 16.9 Å². The van der Waals surface area contributed by atoms with Gasteiger partial charge in [-0.1, -0.05) is 13.8 Å². The van der Waals surface area contributed by atoms with Crippen molar-refractivity contribution in [3.63, 3.8) is 0 Å². The average molecular weight is 371 g/mol. The zero-order valence-electron chi connectivity index (χ0n) is 15.7. The van der Waals surface area contributed by atoms with Crippen molar-refractivity contribution in [2.75, 3.05) is 38.2 Å². The summed E-state index contributed by atoms with van der Waals surface area (Å²) in [7, 11) is 0.315. The fraction of sp³-hybridized carbons (Fsp3) is 0.765. The third-order valence-electron chi connectivity index (χ3n) is 5.05. The third kappa shape index (κ3) is 5.04. The Morgan fingerprint density at radius 1 is 1.40 bits per heavy atom. The van der Waals surface area contributed by atoms with Crippen LogP contribution >= 0.6 is 0 Å². The van der Waals surface area contributed by atoms with Gasteiger partial charge in [0.25, 0.3) is 0 Å². The minimum absolute atomic E-state index is 0.00205. The summed E-state index contributed by atoms with van der Waals surface area (Å²) in [5.41, 5.74) is 1.16. The Balaban J connectivity index is 2.13. The minimum atomic E-state index is -3.30. The molecule has 2 atom stereocenters. The normalized spacial score (nSPS) is 22.1. The SMILES string of the molecule is CCN1CCC[C@@H](CN(C)C(=O)CS(=O)(=O)CC)[C@@H]1c1cnn(C)c1. The van der Waals surface area contributed by atoms with Gasteiger partial charge in [-0.3, -0.25) is 14.4 Å². The van der Waals surface area contributed by atoms with Gasteiger partial charge in [0, 0.05) is 44.2 Å². The van der Waals surface area contributed by atoms with E-state index in [1.165, 1.54) is 0 Å². The number of aromatic nitrogens is 2. The summed E-state index contributed by atoms with van der Waals surface area (Å²) < 4.78 is 25.3.